The molecule has 0 aliphatic carbocycles. The molecule has 0 amide bonds. The number of ketones is 1. The lowest BCUT2D eigenvalue weighted by molar-refractivity contribution is -0.126. The van der Waals surface area contributed by atoms with E-state index in [0.29, 0.717) is 6.54 Å². The molecule has 1 aromatic rings. The molecule has 1 unspecified atom stereocenters. The Kier molecular flexibility index (Phi) is 4.26. The molecular weight excluding hydrogens is 314 g/mol. The first-order valence-electron chi connectivity index (χ1n) is 6.04. The molecule has 0 bridgehead atoms. The Hall–Kier alpha value is -0.230. The predicted molar refractivity (Wildman–Crippen MR) is 77.4 cm³/mol. The van der Waals surface area contributed by atoms with Gasteiger partial charge in [-0.15, -0.1) is 11.3 Å². The van der Waals surface area contributed by atoms with Gasteiger partial charge in [-0.3, -0.25) is 9.69 Å². The number of Topliss-reactive ketones (excluding diaryl/α,β-unsaturated/α-hetero) is 1. The largest absolute Gasteiger partial charge is 0.370 e. The van der Waals surface area contributed by atoms with Crippen molar-refractivity contribution < 1.29 is 9.53 Å². The molecule has 2 rings (SSSR count). The van der Waals surface area contributed by atoms with Gasteiger partial charge in [0.2, 0.25) is 0 Å². The van der Waals surface area contributed by atoms with Crippen LogP contribution in [-0.2, 0) is 4.74 Å². The smallest absolute Gasteiger partial charge is 0.186 e. The third kappa shape index (κ3) is 3.63. The summed E-state index contributed by atoms with van der Waals surface area (Å²) in [4.78, 5) is 15.2. The van der Waals surface area contributed by atoms with E-state index >= 15 is 0 Å². The summed E-state index contributed by atoms with van der Waals surface area (Å²) in [5, 5.41) is 0. The Balaban J connectivity index is 1.99. The Morgan fingerprint density at radius 1 is 1.61 bits per heavy atom. The van der Waals surface area contributed by atoms with E-state index in [2.05, 4.69) is 41.6 Å². The predicted octanol–water partition coefficient (Wildman–Crippen LogP) is 3.19. The van der Waals surface area contributed by atoms with E-state index in [1.807, 2.05) is 12.1 Å². The number of halogens is 1. The van der Waals surface area contributed by atoms with Crippen LogP contribution in [0.2, 0.25) is 0 Å². The van der Waals surface area contributed by atoms with Gasteiger partial charge in [-0.1, -0.05) is 0 Å². The molecule has 1 fully saturated rings. The monoisotopic (exact) mass is 331 g/mol. The molecule has 2 heterocycles. The standard InChI is InChI=1S/C13H18BrNO2S/c1-9-6-15(8-13(2,3)17-9)7-10(16)11-4-5-12(14)18-11/h4-5,9H,6-8H2,1-3H3. The Bertz CT molecular complexity index is 444. The van der Waals surface area contributed by atoms with Crippen LogP contribution < -0.4 is 0 Å². The van der Waals surface area contributed by atoms with Gasteiger partial charge in [-0.05, 0) is 48.8 Å². The van der Waals surface area contributed by atoms with Crippen LogP contribution in [0.4, 0.5) is 0 Å². The van der Waals surface area contributed by atoms with E-state index in [1.54, 1.807) is 0 Å². The number of ether oxygens (including phenoxy) is 1. The van der Waals surface area contributed by atoms with Crippen LogP contribution in [0.15, 0.2) is 15.9 Å². The number of carbonyl (C=O) groups excluding carboxylic acids is 1. The molecule has 1 saturated heterocycles. The normalized spacial score (nSPS) is 24.1. The Morgan fingerprint density at radius 3 is 2.89 bits per heavy atom. The third-order valence-electron chi connectivity index (χ3n) is 2.86. The highest BCUT2D eigenvalue weighted by atomic mass is 79.9. The molecule has 100 valence electrons. The maximum atomic E-state index is 12.2. The summed E-state index contributed by atoms with van der Waals surface area (Å²) in [5.74, 6) is 0.190. The van der Waals surface area contributed by atoms with E-state index in [9.17, 15) is 4.79 Å². The maximum Gasteiger partial charge on any atom is 0.186 e. The number of hydrogen-bond acceptors (Lipinski definition) is 4. The SMILES string of the molecule is CC1CN(CC(=O)c2ccc(Br)s2)CC(C)(C)O1. The molecule has 1 aliphatic rings. The van der Waals surface area contributed by atoms with Gasteiger partial charge >= 0.3 is 0 Å². The van der Waals surface area contributed by atoms with Crippen LogP contribution >= 0.6 is 27.3 Å². The van der Waals surface area contributed by atoms with Gasteiger partial charge in [0.05, 0.1) is 26.9 Å². The minimum Gasteiger partial charge on any atom is -0.370 e. The summed E-state index contributed by atoms with van der Waals surface area (Å²) in [6, 6.07) is 3.80. The molecule has 0 spiro atoms. The minimum absolute atomic E-state index is 0.173. The van der Waals surface area contributed by atoms with Gasteiger partial charge in [0.1, 0.15) is 0 Å². The van der Waals surface area contributed by atoms with Crippen molar-refractivity contribution in [3.63, 3.8) is 0 Å². The second-order valence-electron chi connectivity index (χ2n) is 5.38. The van der Waals surface area contributed by atoms with Gasteiger partial charge < -0.3 is 4.74 Å². The van der Waals surface area contributed by atoms with Crippen molar-refractivity contribution in [2.45, 2.75) is 32.5 Å². The van der Waals surface area contributed by atoms with E-state index in [4.69, 9.17) is 4.74 Å². The highest BCUT2D eigenvalue weighted by molar-refractivity contribution is 9.11. The third-order valence-corrected chi connectivity index (χ3v) is 4.52. The van der Waals surface area contributed by atoms with E-state index in [-0.39, 0.29) is 17.5 Å². The topological polar surface area (TPSA) is 29.5 Å². The lowest BCUT2D eigenvalue weighted by Crippen LogP contribution is -2.52. The van der Waals surface area contributed by atoms with Crippen LogP contribution in [0, 0.1) is 0 Å². The summed E-state index contributed by atoms with van der Waals surface area (Å²) >= 11 is 4.88. The van der Waals surface area contributed by atoms with Crippen LogP contribution in [0.25, 0.3) is 0 Å². The van der Waals surface area contributed by atoms with Gasteiger partial charge in [-0.25, -0.2) is 0 Å². The molecule has 1 atom stereocenters. The molecule has 0 N–H and O–H groups in total. The van der Waals surface area contributed by atoms with Crippen LogP contribution in [-0.4, -0.2) is 42.0 Å². The quantitative estimate of drug-likeness (QED) is 0.796. The summed E-state index contributed by atoms with van der Waals surface area (Å²) in [6.45, 7) is 8.30. The zero-order valence-electron chi connectivity index (χ0n) is 10.9. The van der Waals surface area contributed by atoms with Gasteiger partial charge in [0.25, 0.3) is 0 Å². The van der Waals surface area contributed by atoms with Crippen molar-refractivity contribution in [2.24, 2.45) is 0 Å². The highest BCUT2D eigenvalue weighted by Gasteiger charge is 2.32. The highest BCUT2D eigenvalue weighted by Crippen LogP contribution is 2.24. The van der Waals surface area contributed by atoms with Gasteiger partial charge in [0.15, 0.2) is 5.78 Å². The molecule has 18 heavy (non-hydrogen) atoms. The van der Waals surface area contributed by atoms with Crippen molar-refractivity contribution >= 4 is 33.0 Å². The van der Waals surface area contributed by atoms with Gasteiger partial charge in [0, 0.05) is 13.1 Å². The molecule has 0 saturated carbocycles. The summed E-state index contributed by atoms with van der Waals surface area (Å²) in [6.07, 6.45) is 0.177. The van der Waals surface area contributed by atoms with Crippen molar-refractivity contribution in [2.75, 3.05) is 19.6 Å². The summed E-state index contributed by atoms with van der Waals surface area (Å²) in [5.41, 5.74) is -0.173. The van der Waals surface area contributed by atoms with Crippen molar-refractivity contribution in [1.82, 2.24) is 4.90 Å². The second-order valence-corrected chi connectivity index (χ2v) is 7.85. The number of hydrogen-bond donors (Lipinski definition) is 0. The van der Waals surface area contributed by atoms with E-state index in [0.717, 1.165) is 21.8 Å². The minimum atomic E-state index is -0.173. The number of carbonyl (C=O) groups is 1. The number of thiophene rings is 1. The lowest BCUT2D eigenvalue weighted by atomic mass is 10.1. The molecule has 0 radical (unpaired) electrons. The Morgan fingerprint density at radius 2 is 2.33 bits per heavy atom. The van der Waals surface area contributed by atoms with Crippen molar-refractivity contribution in [3.8, 4) is 0 Å². The van der Waals surface area contributed by atoms with Crippen LogP contribution in [0.5, 0.6) is 0 Å². The Labute approximate surface area is 120 Å². The zero-order valence-corrected chi connectivity index (χ0v) is 13.3. The van der Waals surface area contributed by atoms with E-state index < -0.39 is 0 Å². The average molecular weight is 332 g/mol. The lowest BCUT2D eigenvalue weighted by Gasteiger charge is -2.41. The first-order chi connectivity index (χ1) is 8.35. The molecular formula is C13H18BrNO2S. The van der Waals surface area contributed by atoms with Crippen LogP contribution in [0.1, 0.15) is 30.4 Å². The van der Waals surface area contributed by atoms with Crippen molar-refractivity contribution in [3.05, 3.63) is 20.8 Å². The van der Waals surface area contributed by atoms with Crippen LogP contribution in [0.3, 0.4) is 0 Å². The zero-order chi connectivity index (χ0) is 13.3. The summed E-state index contributed by atoms with van der Waals surface area (Å²) in [7, 11) is 0. The fraction of sp³-hybridized carbons (Fsp3) is 0.615. The fourth-order valence-electron chi connectivity index (χ4n) is 2.45. The first-order valence-corrected chi connectivity index (χ1v) is 7.65. The molecule has 0 aromatic carbocycles. The number of rotatable bonds is 3. The second kappa shape index (κ2) is 5.41. The fourth-order valence-corrected chi connectivity index (χ4v) is 3.77. The molecule has 1 aromatic heterocycles. The summed E-state index contributed by atoms with van der Waals surface area (Å²) < 4.78 is 6.84. The molecule has 5 heteroatoms. The number of morpholine rings is 1. The number of nitrogens with zero attached hydrogens (tertiary/aromatic N) is 1. The van der Waals surface area contributed by atoms with Gasteiger partial charge in [-0.2, -0.15) is 0 Å². The van der Waals surface area contributed by atoms with E-state index in [1.165, 1.54) is 11.3 Å². The molecule has 1 aliphatic heterocycles. The molecule has 3 nitrogen and oxygen atoms in total. The first kappa shape index (κ1) is 14.2. The maximum absolute atomic E-state index is 12.2. The van der Waals surface area contributed by atoms with Crippen molar-refractivity contribution in [1.29, 1.82) is 0 Å². The average Bonchev–Trinajstić information content (AvgIpc) is 2.61.